The minimum atomic E-state index is -0.719. The number of halogens is 1. The SMILES string of the molecule is O=C(CNC1CCCC1)Nc1ccc(F)cc1[N+](=O)[O-]. The number of benzene rings is 1. The van der Waals surface area contributed by atoms with Crippen molar-refractivity contribution in [2.45, 2.75) is 31.7 Å². The van der Waals surface area contributed by atoms with Crippen molar-refractivity contribution >= 4 is 17.3 Å². The Balaban J connectivity index is 1.94. The number of nitrogens with zero attached hydrogens (tertiary/aromatic N) is 1. The lowest BCUT2D eigenvalue weighted by Gasteiger charge is -2.11. The lowest BCUT2D eigenvalue weighted by Crippen LogP contribution is -2.34. The van der Waals surface area contributed by atoms with E-state index in [9.17, 15) is 19.3 Å². The number of carbonyl (C=O) groups excluding carboxylic acids is 1. The van der Waals surface area contributed by atoms with Crippen LogP contribution >= 0.6 is 0 Å². The third kappa shape index (κ3) is 3.74. The second-order valence-corrected chi connectivity index (χ2v) is 4.83. The molecular weight excluding hydrogens is 265 g/mol. The summed E-state index contributed by atoms with van der Waals surface area (Å²) in [7, 11) is 0. The van der Waals surface area contributed by atoms with Gasteiger partial charge in [0.05, 0.1) is 17.5 Å². The average Bonchev–Trinajstić information content (AvgIpc) is 2.91. The fraction of sp³-hybridized carbons (Fsp3) is 0.462. The van der Waals surface area contributed by atoms with Gasteiger partial charge < -0.3 is 10.6 Å². The molecule has 20 heavy (non-hydrogen) atoms. The van der Waals surface area contributed by atoms with Crippen LogP contribution in [0.2, 0.25) is 0 Å². The van der Waals surface area contributed by atoms with E-state index in [1.54, 1.807) is 0 Å². The maximum Gasteiger partial charge on any atom is 0.295 e. The van der Waals surface area contributed by atoms with E-state index in [-0.39, 0.29) is 18.1 Å². The van der Waals surface area contributed by atoms with Crippen LogP contribution in [0.25, 0.3) is 0 Å². The monoisotopic (exact) mass is 281 g/mol. The molecular formula is C13H16FN3O3. The van der Waals surface area contributed by atoms with Crippen LogP contribution in [-0.4, -0.2) is 23.4 Å². The van der Waals surface area contributed by atoms with Gasteiger partial charge in [0.25, 0.3) is 5.69 Å². The summed E-state index contributed by atoms with van der Waals surface area (Å²) in [5.41, 5.74) is -0.436. The van der Waals surface area contributed by atoms with Crippen LogP contribution in [0.3, 0.4) is 0 Å². The van der Waals surface area contributed by atoms with Crippen molar-refractivity contribution in [1.82, 2.24) is 5.32 Å². The summed E-state index contributed by atoms with van der Waals surface area (Å²) in [5, 5.41) is 16.3. The first-order chi connectivity index (χ1) is 9.56. The van der Waals surface area contributed by atoms with Gasteiger partial charge in [-0.1, -0.05) is 12.8 Å². The van der Waals surface area contributed by atoms with Gasteiger partial charge in [-0.3, -0.25) is 14.9 Å². The highest BCUT2D eigenvalue weighted by Gasteiger charge is 2.18. The Hall–Kier alpha value is -2.02. The summed E-state index contributed by atoms with van der Waals surface area (Å²) in [6, 6.07) is 3.40. The van der Waals surface area contributed by atoms with Gasteiger partial charge in [0.2, 0.25) is 5.91 Å². The van der Waals surface area contributed by atoms with Gasteiger partial charge in [0.15, 0.2) is 0 Å². The maximum atomic E-state index is 13.0. The van der Waals surface area contributed by atoms with Gasteiger partial charge in [0, 0.05) is 6.04 Å². The highest BCUT2D eigenvalue weighted by molar-refractivity contribution is 5.94. The van der Waals surface area contributed by atoms with Crippen molar-refractivity contribution in [3.63, 3.8) is 0 Å². The smallest absolute Gasteiger partial charge is 0.295 e. The molecule has 1 aromatic carbocycles. The number of hydrogen-bond donors (Lipinski definition) is 2. The molecule has 1 amide bonds. The molecule has 0 aromatic heterocycles. The number of anilines is 1. The molecule has 0 spiro atoms. The zero-order chi connectivity index (χ0) is 14.5. The fourth-order valence-electron chi connectivity index (χ4n) is 2.32. The van der Waals surface area contributed by atoms with Gasteiger partial charge in [0.1, 0.15) is 11.5 Å². The molecule has 108 valence electrons. The average molecular weight is 281 g/mol. The molecule has 0 radical (unpaired) electrons. The van der Waals surface area contributed by atoms with Gasteiger partial charge >= 0.3 is 0 Å². The van der Waals surface area contributed by atoms with E-state index >= 15 is 0 Å². The predicted molar refractivity (Wildman–Crippen MR) is 71.9 cm³/mol. The van der Waals surface area contributed by atoms with Crippen LogP contribution in [0.15, 0.2) is 18.2 Å². The van der Waals surface area contributed by atoms with E-state index in [2.05, 4.69) is 10.6 Å². The summed E-state index contributed by atoms with van der Waals surface area (Å²) >= 11 is 0. The largest absolute Gasteiger partial charge is 0.319 e. The first kappa shape index (κ1) is 14.4. The van der Waals surface area contributed by atoms with E-state index in [0.29, 0.717) is 6.04 Å². The molecule has 7 heteroatoms. The van der Waals surface area contributed by atoms with Crippen LogP contribution in [0.5, 0.6) is 0 Å². The Bertz CT molecular complexity index is 516. The summed E-state index contributed by atoms with van der Waals surface area (Å²) in [5.74, 6) is -1.08. The van der Waals surface area contributed by atoms with Crippen molar-refractivity contribution in [1.29, 1.82) is 0 Å². The molecule has 1 aliphatic rings. The Kier molecular flexibility index (Phi) is 4.62. The van der Waals surface area contributed by atoms with Crippen LogP contribution in [0.4, 0.5) is 15.8 Å². The van der Waals surface area contributed by atoms with Crippen molar-refractivity contribution in [2.24, 2.45) is 0 Å². The standard InChI is InChI=1S/C13H16FN3O3/c14-9-5-6-11(12(7-9)17(19)20)16-13(18)8-15-10-3-1-2-4-10/h5-7,10,15H,1-4,8H2,(H,16,18). The summed E-state index contributed by atoms with van der Waals surface area (Å²) in [6.07, 6.45) is 4.40. The van der Waals surface area contributed by atoms with Gasteiger partial charge in [-0.05, 0) is 25.0 Å². The zero-order valence-corrected chi connectivity index (χ0v) is 10.9. The molecule has 1 aromatic rings. The van der Waals surface area contributed by atoms with E-state index in [1.165, 1.54) is 6.07 Å². The lowest BCUT2D eigenvalue weighted by atomic mass is 10.2. The highest BCUT2D eigenvalue weighted by atomic mass is 19.1. The van der Waals surface area contributed by atoms with Gasteiger partial charge in [-0.2, -0.15) is 0 Å². The minimum absolute atomic E-state index is 0.00891. The number of nitro benzene ring substituents is 1. The zero-order valence-electron chi connectivity index (χ0n) is 10.9. The Morgan fingerprint density at radius 2 is 2.10 bits per heavy atom. The second kappa shape index (κ2) is 6.42. The number of hydrogen-bond acceptors (Lipinski definition) is 4. The van der Waals surface area contributed by atoms with Gasteiger partial charge in [-0.25, -0.2) is 4.39 Å². The minimum Gasteiger partial charge on any atom is -0.319 e. The fourth-order valence-corrected chi connectivity index (χ4v) is 2.32. The van der Waals surface area contributed by atoms with Crippen LogP contribution < -0.4 is 10.6 Å². The number of amides is 1. The van der Waals surface area contributed by atoms with Crippen LogP contribution in [0.1, 0.15) is 25.7 Å². The highest BCUT2D eigenvalue weighted by Crippen LogP contribution is 2.24. The summed E-state index contributed by atoms with van der Waals surface area (Å²) in [6.45, 7) is 0.0964. The predicted octanol–water partition coefficient (Wildman–Crippen LogP) is 2.20. The van der Waals surface area contributed by atoms with E-state index < -0.39 is 16.4 Å². The molecule has 2 N–H and O–H groups in total. The van der Waals surface area contributed by atoms with Crippen molar-refractivity contribution in [3.05, 3.63) is 34.1 Å². The second-order valence-electron chi connectivity index (χ2n) is 4.83. The van der Waals surface area contributed by atoms with E-state index in [4.69, 9.17) is 0 Å². The molecule has 0 saturated heterocycles. The van der Waals surface area contributed by atoms with Crippen LogP contribution in [-0.2, 0) is 4.79 Å². The molecule has 2 rings (SSSR count). The third-order valence-electron chi connectivity index (χ3n) is 3.34. The Morgan fingerprint density at radius 3 is 2.75 bits per heavy atom. The molecule has 6 nitrogen and oxygen atoms in total. The van der Waals surface area contributed by atoms with E-state index in [1.807, 2.05) is 0 Å². The van der Waals surface area contributed by atoms with Crippen molar-refractivity contribution < 1.29 is 14.1 Å². The summed E-state index contributed by atoms with van der Waals surface area (Å²) < 4.78 is 13.0. The van der Waals surface area contributed by atoms with Crippen molar-refractivity contribution in [2.75, 3.05) is 11.9 Å². The first-order valence-corrected chi connectivity index (χ1v) is 6.53. The topological polar surface area (TPSA) is 84.3 Å². The third-order valence-corrected chi connectivity index (χ3v) is 3.34. The summed E-state index contributed by atoms with van der Waals surface area (Å²) in [4.78, 5) is 21.8. The Labute approximate surface area is 115 Å². The Morgan fingerprint density at radius 1 is 1.40 bits per heavy atom. The molecule has 1 fully saturated rings. The quantitative estimate of drug-likeness (QED) is 0.640. The maximum absolute atomic E-state index is 13.0. The van der Waals surface area contributed by atoms with Crippen LogP contribution in [0, 0.1) is 15.9 Å². The first-order valence-electron chi connectivity index (χ1n) is 6.53. The molecule has 0 heterocycles. The lowest BCUT2D eigenvalue weighted by molar-refractivity contribution is -0.384. The normalized spacial score (nSPS) is 15.2. The molecule has 0 aliphatic heterocycles. The molecule has 0 unspecified atom stereocenters. The molecule has 1 aliphatic carbocycles. The molecule has 0 atom stereocenters. The molecule has 1 saturated carbocycles. The number of rotatable bonds is 5. The number of carbonyl (C=O) groups is 1. The van der Waals surface area contributed by atoms with Crippen molar-refractivity contribution in [3.8, 4) is 0 Å². The van der Waals surface area contributed by atoms with Gasteiger partial charge in [-0.15, -0.1) is 0 Å². The van der Waals surface area contributed by atoms with E-state index in [0.717, 1.165) is 37.8 Å². The number of nitro groups is 1. The molecule has 0 bridgehead atoms. The number of nitrogens with one attached hydrogen (secondary N) is 2.